The first-order valence-corrected chi connectivity index (χ1v) is 8.26. The van der Waals surface area contributed by atoms with Crippen LogP contribution in [-0.4, -0.2) is 34.5 Å². The van der Waals surface area contributed by atoms with Crippen molar-refractivity contribution >= 4 is 23.6 Å². The molecule has 0 aliphatic heterocycles. The van der Waals surface area contributed by atoms with Crippen LogP contribution in [-0.2, 0) is 9.59 Å². The highest BCUT2D eigenvalue weighted by Gasteiger charge is 2.43. The van der Waals surface area contributed by atoms with E-state index in [9.17, 15) is 14.7 Å². The molecule has 1 fully saturated rings. The van der Waals surface area contributed by atoms with Gasteiger partial charge in [-0.1, -0.05) is 19.8 Å². The number of aliphatic carboxylic acids is 1. The third-order valence-corrected chi connectivity index (χ3v) is 4.75. The van der Waals surface area contributed by atoms with Gasteiger partial charge >= 0.3 is 5.97 Å². The van der Waals surface area contributed by atoms with Crippen LogP contribution in [0, 0.1) is 5.41 Å². The largest absolute Gasteiger partial charge is 0.481 e. The minimum atomic E-state index is -0.811. The molecule has 0 saturated heterocycles. The van der Waals surface area contributed by atoms with Crippen LogP contribution < -0.4 is 5.32 Å². The molecule has 0 spiro atoms. The summed E-state index contributed by atoms with van der Waals surface area (Å²) in [7, 11) is 0. The molecule has 1 atom stereocenters. The van der Waals surface area contributed by atoms with Crippen molar-refractivity contribution in [3.8, 4) is 0 Å². The Morgan fingerprint density at radius 3 is 2.53 bits per heavy atom. The van der Waals surface area contributed by atoms with Crippen molar-refractivity contribution in [3.63, 3.8) is 0 Å². The number of nitrogens with one attached hydrogen (secondary N) is 1. The van der Waals surface area contributed by atoms with Crippen molar-refractivity contribution in [1.82, 2.24) is 5.32 Å². The summed E-state index contributed by atoms with van der Waals surface area (Å²) in [5, 5.41) is 12.3. The molecule has 1 aliphatic carbocycles. The number of rotatable bonds is 8. The molecule has 1 amide bonds. The Labute approximate surface area is 119 Å². The minimum Gasteiger partial charge on any atom is -0.481 e. The first kappa shape index (κ1) is 16.3. The predicted molar refractivity (Wildman–Crippen MR) is 78.4 cm³/mol. The fourth-order valence-electron chi connectivity index (χ4n) is 2.63. The van der Waals surface area contributed by atoms with Crippen LogP contribution in [0.4, 0.5) is 0 Å². The summed E-state index contributed by atoms with van der Waals surface area (Å²) in [6, 6.07) is 0.124. The predicted octanol–water partition coefficient (Wildman–Crippen LogP) is 2.67. The van der Waals surface area contributed by atoms with Gasteiger partial charge in [-0.15, -0.1) is 0 Å². The highest BCUT2D eigenvalue weighted by Crippen LogP contribution is 2.41. The molecule has 110 valence electrons. The zero-order valence-corrected chi connectivity index (χ0v) is 12.7. The number of carboxylic acid groups (broad SMARTS) is 1. The highest BCUT2D eigenvalue weighted by molar-refractivity contribution is 7.99. The molecule has 5 heteroatoms. The lowest BCUT2D eigenvalue weighted by molar-refractivity contribution is -0.151. The van der Waals surface area contributed by atoms with E-state index in [2.05, 4.69) is 12.2 Å². The van der Waals surface area contributed by atoms with E-state index in [1.165, 1.54) is 0 Å². The Hall–Kier alpha value is -0.710. The first-order chi connectivity index (χ1) is 9.00. The van der Waals surface area contributed by atoms with Crippen molar-refractivity contribution in [2.45, 2.75) is 58.4 Å². The molecule has 1 saturated carbocycles. The van der Waals surface area contributed by atoms with Gasteiger partial charge in [0.25, 0.3) is 0 Å². The molecular weight excluding hydrogens is 262 g/mol. The molecule has 0 aromatic rings. The summed E-state index contributed by atoms with van der Waals surface area (Å²) in [6.07, 6.45) is 4.17. The van der Waals surface area contributed by atoms with E-state index in [1.807, 2.05) is 18.7 Å². The van der Waals surface area contributed by atoms with Crippen LogP contribution in [0.3, 0.4) is 0 Å². The standard InChI is InChI=1S/C14H25NO3S/c1-3-19-9-6-11(2)15-12(16)10-14(13(17)18)7-4-5-8-14/h11H,3-10H2,1-2H3,(H,15,16)(H,17,18). The van der Waals surface area contributed by atoms with Crippen LogP contribution in [0.5, 0.6) is 0 Å². The maximum Gasteiger partial charge on any atom is 0.310 e. The van der Waals surface area contributed by atoms with E-state index in [4.69, 9.17) is 0 Å². The number of hydrogen-bond acceptors (Lipinski definition) is 3. The van der Waals surface area contributed by atoms with Crippen molar-refractivity contribution in [1.29, 1.82) is 0 Å². The number of hydrogen-bond donors (Lipinski definition) is 2. The van der Waals surface area contributed by atoms with Crippen LogP contribution in [0.2, 0.25) is 0 Å². The summed E-state index contributed by atoms with van der Waals surface area (Å²) in [6.45, 7) is 4.10. The lowest BCUT2D eigenvalue weighted by Gasteiger charge is -2.24. The quantitative estimate of drug-likeness (QED) is 0.674. The minimum absolute atomic E-state index is 0.113. The highest BCUT2D eigenvalue weighted by atomic mass is 32.2. The summed E-state index contributed by atoms with van der Waals surface area (Å²) in [5.41, 5.74) is -0.804. The van der Waals surface area contributed by atoms with Gasteiger partial charge in [0.1, 0.15) is 0 Å². The number of carbonyl (C=O) groups excluding carboxylic acids is 1. The molecule has 4 nitrogen and oxygen atoms in total. The van der Waals surface area contributed by atoms with Crippen molar-refractivity contribution < 1.29 is 14.7 Å². The molecule has 19 heavy (non-hydrogen) atoms. The summed E-state index contributed by atoms with van der Waals surface area (Å²) < 4.78 is 0. The van der Waals surface area contributed by atoms with Gasteiger partial charge in [0.2, 0.25) is 5.91 Å². The van der Waals surface area contributed by atoms with Crippen molar-refractivity contribution in [2.75, 3.05) is 11.5 Å². The molecule has 1 unspecified atom stereocenters. The van der Waals surface area contributed by atoms with E-state index in [1.54, 1.807) is 0 Å². The third-order valence-electron chi connectivity index (χ3n) is 3.82. The fraction of sp³-hybridized carbons (Fsp3) is 0.857. The Bertz CT molecular complexity index is 314. The third kappa shape index (κ3) is 5.05. The maximum absolute atomic E-state index is 12.0. The number of thioether (sulfide) groups is 1. The van der Waals surface area contributed by atoms with E-state index < -0.39 is 11.4 Å². The summed E-state index contributed by atoms with van der Waals surface area (Å²) in [5.74, 6) is 1.19. The molecule has 0 heterocycles. The van der Waals surface area contributed by atoms with E-state index in [0.29, 0.717) is 12.8 Å². The van der Waals surface area contributed by atoms with Gasteiger partial charge in [0.15, 0.2) is 0 Å². The van der Waals surface area contributed by atoms with Gasteiger partial charge in [0.05, 0.1) is 5.41 Å². The van der Waals surface area contributed by atoms with Crippen LogP contribution in [0.1, 0.15) is 52.4 Å². The smallest absolute Gasteiger partial charge is 0.310 e. The molecular formula is C14H25NO3S. The maximum atomic E-state index is 12.0. The molecule has 1 rings (SSSR count). The normalized spacial score (nSPS) is 19.1. The second-order valence-corrected chi connectivity index (χ2v) is 6.82. The van der Waals surface area contributed by atoms with Crippen LogP contribution >= 0.6 is 11.8 Å². The Balaban J connectivity index is 2.39. The molecule has 0 aromatic heterocycles. The second-order valence-electron chi connectivity index (χ2n) is 5.42. The monoisotopic (exact) mass is 287 g/mol. The molecule has 2 N–H and O–H groups in total. The molecule has 0 aromatic carbocycles. The zero-order valence-electron chi connectivity index (χ0n) is 11.9. The Morgan fingerprint density at radius 1 is 1.37 bits per heavy atom. The fourth-order valence-corrected chi connectivity index (χ4v) is 3.44. The van der Waals surface area contributed by atoms with E-state index in [-0.39, 0.29) is 18.4 Å². The summed E-state index contributed by atoms with van der Waals surface area (Å²) in [4.78, 5) is 23.3. The average Bonchev–Trinajstić information content (AvgIpc) is 2.79. The van der Waals surface area contributed by atoms with Crippen LogP contribution in [0.15, 0.2) is 0 Å². The molecule has 0 bridgehead atoms. The second kappa shape index (κ2) is 7.78. The lowest BCUT2D eigenvalue weighted by atomic mass is 9.82. The van der Waals surface area contributed by atoms with Crippen LogP contribution in [0.25, 0.3) is 0 Å². The van der Waals surface area contributed by atoms with Gasteiger partial charge in [-0.25, -0.2) is 0 Å². The van der Waals surface area contributed by atoms with E-state index in [0.717, 1.165) is 30.8 Å². The summed E-state index contributed by atoms with van der Waals surface area (Å²) >= 11 is 1.86. The molecule has 0 radical (unpaired) electrons. The van der Waals surface area contributed by atoms with Gasteiger partial charge in [-0.3, -0.25) is 9.59 Å². The number of carboxylic acids is 1. The van der Waals surface area contributed by atoms with Gasteiger partial charge in [-0.05, 0) is 37.7 Å². The lowest BCUT2D eigenvalue weighted by Crippen LogP contribution is -2.39. The van der Waals surface area contributed by atoms with E-state index >= 15 is 0 Å². The van der Waals surface area contributed by atoms with Crippen molar-refractivity contribution in [2.24, 2.45) is 5.41 Å². The SMILES string of the molecule is CCSCCC(C)NC(=O)CC1(C(=O)O)CCCC1. The van der Waals surface area contributed by atoms with Gasteiger partial charge in [-0.2, -0.15) is 11.8 Å². The van der Waals surface area contributed by atoms with Gasteiger partial charge < -0.3 is 10.4 Å². The first-order valence-electron chi connectivity index (χ1n) is 7.10. The zero-order chi connectivity index (χ0) is 14.3. The Morgan fingerprint density at radius 2 is 2.00 bits per heavy atom. The average molecular weight is 287 g/mol. The number of carbonyl (C=O) groups is 2. The topological polar surface area (TPSA) is 66.4 Å². The Kier molecular flexibility index (Phi) is 6.69. The van der Waals surface area contributed by atoms with Crippen molar-refractivity contribution in [3.05, 3.63) is 0 Å². The number of amides is 1. The van der Waals surface area contributed by atoms with Gasteiger partial charge in [0, 0.05) is 12.5 Å². The molecule has 1 aliphatic rings.